The Labute approximate surface area is 74.7 Å². The Morgan fingerprint density at radius 3 is 2.54 bits per heavy atom. The highest BCUT2D eigenvalue weighted by atomic mass is 32.2. The van der Waals surface area contributed by atoms with E-state index in [2.05, 4.69) is 4.74 Å². The van der Waals surface area contributed by atoms with Crippen molar-refractivity contribution in [2.24, 2.45) is 0 Å². The molecular weight excluding hydrogens is 199 g/mol. The van der Waals surface area contributed by atoms with E-state index in [1.807, 2.05) is 0 Å². The predicted molar refractivity (Wildman–Crippen MR) is 42.8 cm³/mol. The van der Waals surface area contributed by atoms with Crippen LogP contribution in [0.25, 0.3) is 0 Å². The molecule has 0 aliphatic heterocycles. The van der Waals surface area contributed by atoms with Crippen LogP contribution < -0.4 is 4.74 Å². The summed E-state index contributed by atoms with van der Waals surface area (Å²) in [5.74, 6) is -0.912. The van der Waals surface area contributed by atoms with Gasteiger partial charge in [-0.1, -0.05) is 0 Å². The van der Waals surface area contributed by atoms with Crippen LogP contribution in [0.3, 0.4) is 0 Å². The zero-order chi connectivity index (χ0) is 10.1. The minimum absolute atomic E-state index is 0.227. The van der Waals surface area contributed by atoms with E-state index in [4.69, 9.17) is 4.55 Å². The van der Waals surface area contributed by atoms with Gasteiger partial charge in [-0.2, -0.15) is 8.42 Å². The third-order valence-corrected chi connectivity index (χ3v) is 2.27. The van der Waals surface area contributed by atoms with Crippen LogP contribution in [0.5, 0.6) is 5.75 Å². The summed E-state index contributed by atoms with van der Waals surface area (Å²) in [7, 11) is -3.10. The average Bonchev–Trinajstić information content (AvgIpc) is 2.03. The molecule has 0 fully saturated rings. The lowest BCUT2D eigenvalue weighted by Gasteiger charge is -2.02. The second-order valence-electron chi connectivity index (χ2n) is 2.27. The average molecular weight is 206 g/mol. The quantitative estimate of drug-likeness (QED) is 0.735. The molecule has 0 heterocycles. The summed E-state index contributed by atoms with van der Waals surface area (Å²) >= 11 is 0. The molecule has 13 heavy (non-hydrogen) atoms. The van der Waals surface area contributed by atoms with Crippen molar-refractivity contribution in [2.45, 2.75) is 4.90 Å². The highest BCUT2D eigenvalue weighted by molar-refractivity contribution is 7.85. The topological polar surface area (TPSA) is 63.6 Å². The molecule has 0 saturated heterocycles. The van der Waals surface area contributed by atoms with E-state index < -0.39 is 20.8 Å². The minimum Gasteiger partial charge on any atom is -0.494 e. The number of rotatable bonds is 2. The zero-order valence-corrected chi connectivity index (χ0v) is 7.51. The number of hydrogen-bond acceptors (Lipinski definition) is 3. The monoisotopic (exact) mass is 206 g/mol. The second kappa shape index (κ2) is 3.31. The number of hydrogen-bond donors (Lipinski definition) is 1. The third kappa shape index (κ3) is 2.16. The maximum absolute atomic E-state index is 12.8. The van der Waals surface area contributed by atoms with Gasteiger partial charge in [-0.15, -0.1) is 0 Å². The van der Waals surface area contributed by atoms with Gasteiger partial charge < -0.3 is 4.74 Å². The molecule has 6 heteroatoms. The molecule has 0 spiro atoms. The van der Waals surface area contributed by atoms with Crippen molar-refractivity contribution in [3.8, 4) is 5.75 Å². The van der Waals surface area contributed by atoms with Gasteiger partial charge >= 0.3 is 0 Å². The van der Waals surface area contributed by atoms with E-state index in [-0.39, 0.29) is 5.75 Å². The Balaban J connectivity index is 3.30. The van der Waals surface area contributed by atoms with Crippen molar-refractivity contribution in [1.82, 2.24) is 0 Å². The lowest BCUT2D eigenvalue weighted by molar-refractivity contribution is 0.384. The fourth-order valence-electron chi connectivity index (χ4n) is 0.801. The summed E-state index contributed by atoms with van der Waals surface area (Å²) in [6, 6.07) is 2.76. The van der Waals surface area contributed by atoms with Crippen molar-refractivity contribution in [1.29, 1.82) is 0 Å². The van der Waals surface area contributed by atoms with Gasteiger partial charge in [0.15, 0.2) is 11.6 Å². The van der Waals surface area contributed by atoms with Crippen LogP contribution in [0.1, 0.15) is 0 Å². The first kappa shape index (κ1) is 9.94. The first-order valence-corrected chi connectivity index (χ1v) is 4.70. The van der Waals surface area contributed by atoms with Gasteiger partial charge in [0.1, 0.15) is 0 Å². The smallest absolute Gasteiger partial charge is 0.294 e. The molecule has 72 valence electrons. The molecule has 0 bridgehead atoms. The molecule has 0 aromatic heterocycles. The van der Waals surface area contributed by atoms with Crippen LogP contribution in [-0.2, 0) is 10.1 Å². The van der Waals surface area contributed by atoms with Gasteiger partial charge in [0.05, 0.1) is 12.0 Å². The molecule has 0 amide bonds. The van der Waals surface area contributed by atoms with E-state index in [9.17, 15) is 12.8 Å². The third-order valence-electron chi connectivity index (χ3n) is 1.42. The van der Waals surface area contributed by atoms with Crippen molar-refractivity contribution >= 4 is 10.1 Å². The van der Waals surface area contributed by atoms with Crippen molar-refractivity contribution in [3.05, 3.63) is 24.0 Å². The molecule has 1 aromatic rings. The molecule has 0 aliphatic rings. The Morgan fingerprint density at radius 2 is 2.08 bits per heavy atom. The number of ether oxygens (including phenoxy) is 1. The number of methoxy groups -OCH3 is 1. The zero-order valence-electron chi connectivity index (χ0n) is 6.69. The van der Waals surface area contributed by atoms with Gasteiger partial charge in [-0.3, -0.25) is 4.55 Å². The van der Waals surface area contributed by atoms with Crippen molar-refractivity contribution in [2.75, 3.05) is 7.11 Å². The standard InChI is InChI=1S/C7H7FO4S/c1-12-7-4-5(13(9,10)11)2-3-6(7)8/h2-4H,1H3,(H,9,10,11). The van der Waals surface area contributed by atoms with Gasteiger partial charge in [-0.05, 0) is 12.1 Å². The maximum Gasteiger partial charge on any atom is 0.294 e. The lowest BCUT2D eigenvalue weighted by atomic mass is 10.3. The second-order valence-corrected chi connectivity index (χ2v) is 3.69. The summed E-state index contributed by atoms with van der Waals surface area (Å²) in [4.78, 5) is -0.397. The first-order valence-electron chi connectivity index (χ1n) is 3.26. The van der Waals surface area contributed by atoms with E-state index >= 15 is 0 Å². The van der Waals surface area contributed by atoms with Crippen LogP contribution in [0.2, 0.25) is 0 Å². The van der Waals surface area contributed by atoms with Crippen LogP contribution in [-0.4, -0.2) is 20.1 Å². The van der Waals surface area contributed by atoms with Crippen LogP contribution in [0.15, 0.2) is 23.1 Å². The van der Waals surface area contributed by atoms with E-state index in [1.54, 1.807) is 0 Å². The van der Waals surface area contributed by atoms with Gasteiger partial charge in [-0.25, -0.2) is 4.39 Å². The Kier molecular flexibility index (Phi) is 2.53. The molecule has 0 radical (unpaired) electrons. The van der Waals surface area contributed by atoms with Gasteiger partial charge in [0, 0.05) is 6.07 Å². The van der Waals surface area contributed by atoms with Crippen LogP contribution in [0.4, 0.5) is 4.39 Å². The lowest BCUT2D eigenvalue weighted by Crippen LogP contribution is -1.99. The van der Waals surface area contributed by atoms with Crippen LogP contribution >= 0.6 is 0 Å². The summed E-state index contributed by atoms with van der Waals surface area (Å²) in [5, 5.41) is 0. The summed E-state index contributed by atoms with van der Waals surface area (Å²) in [5.41, 5.74) is 0. The van der Waals surface area contributed by atoms with E-state index in [0.29, 0.717) is 0 Å². The van der Waals surface area contributed by atoms with Crippen molar-refractivity contribution in [3.63, 3.8) is 0 Å². The van der Waals surface area contributed by atoms with E-state index in [1.165, 1.54) is 7.11 Å². The number of benzene rings is 1. The molecule has 0 aliphatic carbocycles. The largest absolute Gasteiger partial charge is 0.494 e. The Morgan fingerprint density at radius 1 is 1.46 bits per heavy atom. The molecule has 4 nitrogen and oxygen atoms in total. The molecule has 0 saturated carbocycles. The normalized spacial score (nSPS) is 11.3. The first-order chi connectivity index (χ1) is 5.95. The molecular formula is C7H7FO4S. The Bertz CT molecular complexity index is 413. The molecule has 1 aromatic carbocycles. The molecule has 0 atom stereocenters. The van der Waals surface area contributed by atoms with Crippen molar-refractivity contribution < 1.29 is 22.1 Å². The minimum atomic E-state index is -4.30. The summed E-state index contributed by atoms with van der Waals surface area (Å²) in [6.07, 6.45) is 0. The Hall–Kier alpha value is -1.14. The number of halogens is 1. The molecule has 0 unspecified atom stereocenters. The van der Waals surface area contributed by atoms with Crippen LogP contribution in [0, 0.1) is 5.82 Å². The predicted octanol–water partition coefficient (Wildman–Crippen LogP) is 1.08. The van der Waals surface area contributed by atoms with E-state index in [0.717, 1.165) is 18.2 Å². The fourth-order valence-corrected chi connectivity index (χ4v) is 1.30. The summed E-state index contributed by atoms with van der Waals surface area (Å²) < 4.78 is 47.1. The maximum atomic E-state index is 12.8. The summed E-state index contributed by atoms with van der Waals surface area (Å²) in [6.45, 7) is 0. The van der Waals surface area contributed by atoms with Gasteiger partial charge in [0.25, 0.3) is 10.1 Å². The molecule has 1 rings (SSSR count). The SMILES string of the molecule is COc1cc(S(=O)(=O)O)ccc1F. The highest BCUT2D eigenvalue weighted by Gasteiger charge is 2.12. The fraction of sp³-hybridized carbons (Fsp3) is 0.143. The highest BCUT2D eigenvalue weighted by Crippen LogP contribution is 2.20. The van der Waals surface area contributed by atoms with Gasteiger partial charge in [0.2, 0.25) is 0 Å². The molecule has 1 N–H and O–H groups in total.